The van der Waals surface area contributed by atoms with Crippen molar-refractivity contribution in [2.75, 3.05) is 12.9 Å². The van der Waals surface area contributed by atoms with Crippen molar-refractivity contribution in [3.63, 3.8) is 0 Å². The van der Waals surface area contributed by atoms with Crippen LogP contribution in [0.5, 0.6) is 5.75 Å². The molecule has 1 atom stereocenters. The summed E-state index contributed by atoms with van der Waals surface area (Å²) in [6, 6.07) is 5.51. The molecule has 0 amide bonds. The molecule has 0 bridgehead atoms. The van der Waals surface area contributed by atoms with Crippen LogP contribution in [0.2, 0.25) is 0 Å². The van der Waals surface area contributed by atoms with Gasteiger partial charge in [-0.15, -0.1) is 0 Å². The Balaban J connectivity index is 3.05. The van der Waals surface area contributed by atoms with Crippen LogP contribution in [-0.4, -0.2) is 21.3 Å². The smallest absolute Gasteiger partial charge is 0.179 e. The van der Waals surface area contributed by atoms with E-state index in [1.165, 1.54) is 6.26 Å². The van der Waals surface area contributed by atoms with E-state index in [9.17, 15) is 8.42 Å². The zero-order valence-electron chi connectivity index (χ0n) is 13.1. The van der Waals surface area contributed by atoms with Crippen molar-refractivity contribution in [1.82, 2.24) is 0 Å². The van der Waals surface area contributed by atoms with Crippen LogP contribution in [0.3, 0.4) is 0 Å². The third-order valence-corrected chi connectivity index (χ3v) is 4.62. The van der Waals surface area contributed by atoms with Gasteiger partial charge in [-0.25, -0.2) is 8.42 Å². The summed E-state index contributed by atoms with van der Waals surface area (Å²) in [6.45, 7) is 8.97. The lowest BCUT2D eigenvalue weighted by atomic mass is 9.99. The molecule has 114 valence electrons. The molecule has 1 rings (SSSR count). The topological polar surface area (TPSA) is 43.4 Å². The molecule has 0 fully saturated rings. The number of sulfone groups is 1. The maximum Gasteiger partial charge on any atom is 0.179 e. The van der Waals surface area contributed by atoms with Gasteiger partial charge in [0.15, 0.2) is 9.84 Å². The number of hydrogen-bond acceptors (Lipinski definition) is 3. The van der Waals surface area contributed by atoms with Crippen molar-refractivity contribution in [3.05, 3.63) is 23.8 Å². The normalized spacial score (nSPS) is 13.5. The standard InChI is InChI=1S/C16H26O3S/c1-6-13(4)14-7-8-15(19-10-9-12(2)3)16(11-14)20(5,17)18/h7-8,11-13H,6,9-10H2,1-5H3. The zero-order valence-corrected chi connectivity index (χ0v) is 14.0. The number of ether oxygens (including phenoxy) is 1. The second-order valence-electron chi connectivity index (χ2n) is 5.82. The summed E-state index contributed by atoms with van der Waals surface area (Å²) in [5.41, 5.74) is 1.05. The Labute approximate surface area is 123 Å². The highest BCUT2D eigenvalue weighted by atomic mass is 32.2. The van der Waals surface area contributed by atoms with E-state index >= 15 is 0 Å². The lowest BCUT2D eigenvalue weighted by Crippen LogP contribution is -2.07. The first kappa shape index (κ1) is 17.0. The van der Waals surface area contributed by atoms with Crippen LogP contribution in [-0.2, 0) is 9.84 Å². The summed E-state index contributed by atoms with van der Waals surface area (Å²) in [5, 5.41) is 0. The summed E-state index contributed by atoms with van der Waals surface area (Å²) in [6.07, 6.45) is 3.13. The van der Waals surface area contributed by atoms with Gasteiger partial charge in [0.1, 0.15) is 10.6 Å². The van der Waals surface area contributed by atoms with Crippen LogP contribution >= 0.6 is 0 Å². The second-order valence-corrected chi connectivity index (χ2v) is 7.80. The van der Waals surface area contributed by atoms with Gasteiger partial charge < -0.3 is 4.74 Å². The fourth-order valence-electron chi connectivity index (χ4n) is 1.88. The molecular weight excluding hydrogens is 272 g/mol. The Morgan fingerprint density at radius 3 is 2.35 bits per heavy atom. The van der Waals surface area contributed by atoms with Gasteiger partial charge in [-0.2, -0.15) is 0 Å². The van der Waals surface area contributed by atoms with Crippen molar-refractivity contribution < 1.29 is 13.2 Å². The van der Waals surface area contributed by atoms with E-state index in [1.807, 2.05) is 6.07 Å². The van der Waals surface area contributed by atoms with E-state index in [2.05, 4.69) is 27.7 Å². The molecule has 4 heteroatoms. The minimum absolute atomic E-state index is 0.305. The highest BCUT2D eigenvalue weighted by Gasteiger charge is 2.17. The summed E-state index contributed by atoms with van der Waals surface area (Å²) in [5.74, 6) is 1.36. The van der Waals surface area contributed by atoms with Crippen molar-refractivity contribution in [1.29, 1.82) is 0 Å². The summed E-state index contributed by atoms with van der Waals surface area (Å²) in [7, 11) is -3.27. The van der Waals surface area contributed by atoms with E-state index in [0.29, 0.717) is 29.1 Å². The van der Waals surface area contributed by atoms with Crippen molar-refractivity contribution in [3.8, 4) is 5.75 Å². The summed E-state index contributed by atoms with van der Waals surface area (Å²) >= 11 is 0. The quantitative estimate of drug-likeness (QED) is 0.763. The van der Waals surface area contributed by atoms with E-state index in [-0.39, 0.29) is 0 Å². The van der Waals surface area contributed by atoms with Gasteiger partial charge >= 0.3 is 0 Å². The SMILES string of the molecule is CCC(C)c1ccc(OCCC(C)C)c(S(C)(=O)=O)c1. The fraction of sp³-hybridized carbons (Fsp3) is 0.625. The molecule has 0 spiro atoms. The van der Waals surface area contributed by atoms with Gasteiger partial charge in [-0.05, 0) is 42.4 Å². The molecule has 3 nitrogen and oxygen atoms in total. The van der Waals surface area contributed by atoms with Gasteiger partial charge in [0.25, 0.3) is 0 Å². The average Bonchev–Trinajstić information content (AvgIpc) is 2.36. The van der Waals surface area contributed by atoms with Gasteiger partial charge in [-0.1, -0.05) is 33.8 Å². The molecule has 1 unspecified atom stereocenters. The first-order chi connectivity index (χ1) is 9.25. The van der Waals surface area contributed by atoms with Crippen LogP contribution in [0.15, 0.2) is 23.1 Å². The Morgan fingerprint density at radius 1 is 1.20 bits per heavy atom. The van der Waals surface area contributed by atoms with Crippen molar-refractivity contribution in [2.45, 2.75) is 51.3 Å². The van der Waals surface area contributed by atoms with Crippen LogP contribution in [0.1, 0.15) is 52.0 Å². The molecule has 0 saturated carbocycles. The molecule has 1 aromatic carbocycles. The maximum atomic E-state index is 11.9. The second kappa shape index (κ2) is 7.11. The number of hydrogen-bond donors (Lipinski definition) is 0. The monoisotopic (exact) mass is 298 g/mol. The van der Waals surface area contributed by atoms with Gasteiger partial charge in [0.2, 0.25) is 0 Å². The van der Waals surface area contributed by atoms with Crippen molar-refractivity contribution >= 4 is 9.84 Å². The lowest BCUT2D eigenvalue weighted by molar-refractivity contribution is 0.282. The molecule has 0 heterocycles. The molecule has 0 radical (unpaired) electrons. The van der Waals surface area contributed by atoms with E-state index in [0.717, 1.165) is 18.4 Å². The molecule has 0 aliphatic carbocycles. The number of rotatable bonds is 7. The lowest BCUT2D eigenvalue weighted by Gasteiger charge is -2.15. The zero-order chi connectivity index (χ0) is 15.3. The predicted molar refractivity (Wildman–Crippen MR) is 83.2 cm³/mol. The Bertz CT molecular complexity index is 533. The van der Waals surface area contributed by atoms with Crippen LogP contribution in [0, 0.1) is 5.92 Å². The average molecular weight is 298 g/mol. The summed E-state index contributed by atoms with van der Waals surface area (Å²) in [4.78, 5) is 0.305. The maximum absolute atomic E-state index is 11.9. The first-order valence-electron chi connectivity index (χ1n) is 7.22. The fourth-order valence-corrected chi connectivity index (χ4v) is 2.72. The van der Waals surface area contributed by atoms with Gasteiger partial charge in [-0.3, -0.25) is 0 Å². The van der Waals surface area contributed by atoms with E-state index in [1.54, 1.807) is 12.1 Å². The molecule has 1 aromatic rings. The molecule has 20 heavy (non-hydrogen) atoms. The first-order valence-corrected chi connectivity index (χ1v) is 9.11. The molecule has 0 saturated heterocycles. The molecule has 0 aliphatic rings. The summed E-state index contributed by atoms with van der Waals surface area (Å²) < 4.78 is 29.5. The van der Waals surface area contributed by atoms with Crippen LogP contribution < -0.4 is 4.74 Å². The Hall–Kier alpha value is -1.03. The third-order valence-electron chi connectivity index (χ3n) is 3.50. The molecule has 0 N–H and O–H groups in total. The van der Waals surface area contributed by atoms with Crippen LogP contribution in [0.25, 0.3) is 0 Å². The van der Waals surface area contributed by atoms with Gasteiger partial charge in [0.05, 0.1) is 6.61 Å². The van der Waals surface area contributed by atoms with E-state index in [4.69, 9.17) is 4.74 Å². The molecule has 0 aromatic heterocycles. The highest BCUT2D eigenvalue weighted by Crippen LogP contribution is 2.29. The highest BCUT2D eigenvalue weighted by molar-refractivity contribution is 7.90. The number of benzene rings is 1. The minimum Gasteiger partial charge on any atom is -0.492 e. The third kappa shape index (κ3) is 4.82. The largest absolute Gasteiger partial charge is 0.492 e. The molecule has 0 aliphatic heterocycles. The van der Waals surface area contributed by atoms with E-state index < -0.39 is 9.84 Å². The van der Waals surface area contributed by atoms with Gasteiger partial charge in [0, 0.05) is 6.26 Å². The Morgan fingerprint density at radius 2 is 1.85 bits per heavy atom. The molecular formula is C16H26O3S. The predicted octanol–water partition coefficient (Wildman–Crippen LogP) is 4.03. The van der Waals surface area contributed by atoms with Crippen LogP contribution in [0.4, 0.5) is 0 Å². The minimum atomic E-state index is -3.27. The Kier molecular flexibility index (Phi) is 6.06. The van der Waals surface area contributed by atoms with Crippen molar-refractivity contribution in [2.24, 2.45) is 5.92 Å².